The van der Waals surface area contributed by atoms with Crippen LogP contribution in [0, 0.1) is 0 Å². The average molecular weight is 363 g/mol. The number of aromatic nitrogens is 5. The zero-order valence-corrected chi connectivity index (χ0v) is 14.8. The number of carbonyl (C=O) groups excluding carboxylic acids is 1. The Morgan fingerprint density at radius 3 is 2.85 bits per heavy atom. The fourth-order valence-corrected chi connectivity index (χ4v) is 2.91. The Morgan fingerprint density at radius 2 is 2.04 bits per heavy atom. The maximum atomic E-state index is 12.5. The monoisotopic (exact) mass is 363 g/mol. The summed E-state index contributed by atoms with van der Waals surface area (Å²) in [5, 5.41) is 8.58. The molecule has 0 amide bonds. The number of fused-ring (bicyclic) bond motifs is 2. The molecule has 0 saturated carbocycles. The number of benzene rings is 2. The fraction of sp³-hybridized carbons (Fsp3) is 0.211. The molecule has 136 valence electrons. The molecular weight excluding hydrogens is 346 g/mol. The zero-order valence-electron chi connectivity index (χ0n) is 14.8. The number of nitrogens with zero attached hydrogens (tertiary/aromatic N) is 4. The summed E-state index contributed by atoms with van der Waals surface area (Å²) in [6.45, 7) is 4.32. The van der Waals surface area contributed by atoms with E-state index in [1.54, 1.807) is 54.1 Å². The standard InChI is InChI=1S/C19H17N5O3/c1-3-24-16-9-8-12(10-15(16)22-23-24)19(26)27-11(2)17-20-14-7-5-4-6-13(14)18(25)21-17/h4-11H,3H2,1-2H3,(H,20,21,25)/t11-/m0/s1. The van der Waals surface area contributed by atoms with Crippen molar-refractivity contribution in [1.29, 1.82) is 0 Å². The number of aryl methyl sites for hydroxylation is 1. The smallest absolute Gasteiger partial charge is 0.338 e. The van der Waals surface area contributed by atoms with Gasteiger partial charge in [0.1, 0.15) is 5.52 Å². The number of carbonyl (C=O) groups is 1. The molecule has 1 atom stereocenters. The average Bonchev–Trinajstić information content (AvgIpc) is 3.10. The van der Waals surface area contributed by atoms with Gasteiger partial charge in [0.25, 0.3) is 5.56 Å². The first-order valence-electron chi connectivity index (χ1n) is 8.60. The molecule has 8 nitrogen and oxygen atoms in total. The van der Waals surface area contributed by atoms with Crippen LogP contribution in [-0.4, -0.2) is 30.9 Å². The van der Waals surface area contributed by atoms with Gasteiger partial charge in [-0.1, -0.05) is 17.3 Å². The van der Waals surface area contributed by atoms with Crippen LogP contribution in [0.25, 0.3) is 21.9 Å². The van der Waals surface area contributed by atoms with E-state index in [4.69, 9.17) is 4.74 Å². The predicted molar refractivity (Wildman–Crippen MR) is 99.4 cm³/mol. The van der Waals surface area contributed by atoms with E-state index in [0.717, 1.165) is 5.52 Å². The minimum atomic E-state index is -0.711. The molecular formula is C19H17N5O3. The van der Waals surface area contributed by atoms with Crippen LogP contribution in [0.2, 0.25) is 0 Å². The van der Waals surface area contributed by atoms with Crippen LogP contribution >= 0.6 is 0 Å². The van der Waals surface area contributed by atoms with Crippen molar-refractivity contribution in [3.8, 4) is 0 Å². The highest BCUT2D eigenvalue weighted by Crippen LogP contribution is 2.19. The van der Waals surface area contributed by atoms with Gasteiger partial charge in [0, 0.05) is 6.54 Å². The molecule has 2 aromatic carbocycles. The second-order valence-electron chi connectivity index (χ2n) is 6.12. The molecule has 0 fully saturated rings. The molecule has 0 spiro atoms. The molecule has 4 aromatic rings. The second kappa shape index (κ2) is 6.64. The van der Waals surface area contributed by atoms with Gasteiger partial charge in [-0.2, -0.15) is 0 Å². The highest BCUT2D eigenvalue weighted by molar-refractivity contribution is 5.93. The number of ether oxygens (including phenoxy) is 1. The van der Waals surface area contributed by atoms with E-state index in [9.17, 15) is 9.59 Å². The van der Waals surface area contributed by atoms with E-state index in [1.807, 2.05) is 6.92 Å². The third-order valence-corrected chi connectivity index (χ3v) is 4.35. The number of aromatic amines is 1. The molecule has 0 radical (unpaired) electrons. The van der Waals surface area contributed by atoms with Crippen molar-refractivity contribution in [3.05, 3.63) is 64.2 Å². The van der Waals surface area contributed by atoms with E-state index in [1.165, 1.54) is 0 Å². The lowest BCUT2D eigenvalue weighted by atomic mass is 10.2. The predicted octanol–water partition coefficient (Wildman–Crippen LogP) is 2.61. The Kier molecular flexibility index (Phi) is 4.15. The number of H-pyrrole nitrogens is 1. The Hall–Kier alpha value is -3.55. The van der Waals surface area contributed by atoms with Crippen molar-refractivity contribution in [3.63, 3.8) is 0 Å². The highest BCUT2D eigenvalue weighted by Gasteiger charge is 2.18. The fourth-order valence-electron chi connectivity index (χ4n) is 2.91. The van der Waals surface area contributed by atoms with E-state index in [2.05, 4.69) is 20.3 Å². The molecule has 0 bridgehead atoms. The summed E-state index contributed by atoms with van der Waals surface area (Å²) < 4.78 is 7.23. The van der Waals surface area contributed by atoms with Gasteiger partial charge >= 0.3 is 5.97 Å². The van der Waals surface area contributed by atoms with Crippen molar-refractivity contribution >= 4 is 27.9 Å². The largest absolute Gasteiger partial charge is 0.451 e. The van der Waals surface area contributed by atoms with Gasteiger partial charge < -0.3 is 9.72 Å². The topological polar surface area (TPSA) is 103 Å². The molecule has 4 rings (SSSR count). The first-order chi connectivity index (χ1) is 13.1. The maximum Gasteiger partial charge on any atom is 0.338 e. The number of hydrogen-bond acceptors (Lipinski definition) is 6. The van der Waals surface area contributed by atoms with E-state index in [-0.39, 0.29) is 5.56 Å². The summed E-state index contributed by atoms with van der Waals surface area (Å²) >= 11 is 0. The van der Waals surface area contributed by atoms with Crippen molar-refractivity contribution in [2.24, 2.45) is 0 Å². The van der Waals surface area contributed by atoms with Gasteiger partial charge in [-0.15, -0.1) is 5.10 Å². The third-order valence-electron chi connectivity index (χ3n) is 4.35. The highest BCUT2D eigenvalue weighted by atomic mass is 16.5. The Labute approximate surface area is 153 Å². The molecule has 1 N–H and O–H groups in total. The van der Waals surface area contributed by atoms with Crippen LogP contribution in [-0.2, 0) is 11.3 Å². The summed E-state index contributed by atoms with van der Waals surface area (Å²) in [7, 11) is 0. The van der Waals surface area contributed by atoms with Crippen LogP contribution in [0.5, 0.6) is 0 Å². The van der Waals surface area contributed by atoms with Gasteiger partial charge in [-0.3, -0.25) is 4.79 Å². The van der Waals surface area contributed by atoms with Crippen LogP contribution in [0.4, 0.5) is 0 Å². The van der Waals surface area contributed by atoms with E-state index < -0.39 is 12.1 Å². The molecule has 0 unspecified atom stereocenters. The molecule has 0 aliphatic rings. The lowest BCUT2D eigenvalue weighted by molar-refractivity contribution is 0.0320. The second-order valence-corrected chi connectivity index (χ2v) is 6.12. The molecule has 8 heteroatoms. The van der Waals surface area contributed by atoms with Gasteiger partial charge in [-0.05, 0) is 44.2 Å². The molecule has 0 aliphatic heterocycles. The SMILES string of the molecule is CCn1nnc2cc(C(=O)O[C@@H](C)c3nc4ccccc4c(=O)[nH]3)ccc21. The summed E-state index contributed by atoms with van der Waals surface area (Å²) in [4.78, 5) is 31.7. The lowest BCUT2D eigenvalue weighted by Gasteiger charge is -2.13. The van der Waals surface area contributed by atoms with Crippen molar-refractivity contribution in [2.45, 2.75) is 26.5 Å². The minimum absolute atomic E-state index is 0.268. The molecule has 2 heterocycles. The Morgan fingerprint density at radius 1 is 1.22 bits per heavy atom. The number of esters is 1. The summed E-state index contributed by atoms with van der Waals surface area (Å²) in [5.74, 6) is -0.226. The van der Waals surface area contributed by atoms with E-state index >= 15 is 0 Å². The maximum absolute atomic E-state index is 12.5. The van der Waals surface area contributed by atoms with Gasteiger partial charge in [-0.25, -0.2) is 14.5 Å². The molecule has 0 aliphatic carbocycles. The van der Waals surface area contributed by atoms with Crippen molar-refractivity contribution < 1.29 is 9.53 Å². The van der Waals surface area contributed by atoms with Crippen LogP contribution in [0.1, 0.15) is 36.1 Å². The molecule has 2 aromatic heterocycles. The first-order valence-corrected chi connectivity index (χ1v) is 8.60. The number of para-hydroxylation sites is 1. The van der Waals surface area contributed by atoms with Gasteiger partial charge in [0.05, 0.1) is 22.0 Å². The minimum Gasteiger partial charge on any atom is -0.451 e. The quantitative estimate of drug-likeness (QED) is 0.559. The van der Waals surface area contributed by atoms with Crippen molar-refractivity contribution in [1.82, 2.24) is 25.0 Å². The molecule has 0 saturated heterocycles. The number of rotatable bonds is 4. The van der Waals surface area contributed by atoms with Crippen LogP contribution < -0.4 is 5.56 Å². The van der Waals surface area contributed by atoms with Crippen LogP contribution in [0.15, 0.2) is 47.3 Å². The van der Waals surface area contributed by atoms with Crippen molar-refractivity contribution in [2.75, 3.05) is 0 Å². The number of nitrogens with one attached hydrogen (secondary N) is 1. The van der Waals surface area contributed by atoms with Gasteiger partial charge in [0.15, 0.2) is 11.9 Å². The summed E-state index contributed by atoms with van der Waals surface area (Å²) in [6, 6.07) is 12.1. The van der Waals surface area contributed by atoms with E-state index in [0.29, 0.717) is 34.4 Å². The first kappa shape index (κ1) is 16.9. The van der Waals surface area contributed by atoms with Gasteiger partial charge in [0.2, 0.25) is 0 Å². The normalized spacial score (nSPS) is 12.4. The lowest BCUT2D eigenvalue weighted by Crippen LogP contribution is -2.17. The Bertz CT molecular complexity index is 1210. The summed E-state index contributed by atoms with van der Waals surface area (Å²) in [6.07, 6.45) is -0.711. The number of hydrogen-bond donors (Lipinski definition) is 1. The Balaban J connectivity index is 1.60. The molecule has 27 heavy (non-hydrogen) atoms. The van der Waals surface area contributed by atoms with Crippen LogP contribution in [0.3, 0.4) is 0 Å². The third kappa shape index (κ3) is 3.05. The summed E-state index contributed by atoms with van der Waals surface area (Å²) in [5.41, 5.74) is 2.12. The zero-order chi connectivity index (χ0) is 19.0.